The average molecular weight is 290 g/mol. The van der Waals surface area contributed by atoms with Gasteiger partial charge in [0.25, 0.3) is 5.91 Å². The summed E-state index contributed by atoms with van der Waals surface area (Å²) in [6, 6.07) is 8.93. The van der Waals surface area contributed by atoms with Crippen LogP contribution in [-0.4, -0.2) is 23.0 Å². The van der Waals surface area contributed by atoms with Crippen LogP contribution >= 0.6 is 0 Å². The lowest BCUT2D eigenvalue weighted by atomic mass is 10.1. The molecule has 0 spiro atoms. The van der Waals surface area contributed by atoms with Gasteiger partial charge in [0.05, 0.1) is 10.6 Å². The van der Waals surface area contributed by atoms with Crippen LogP contribution in [0.1, 0.15) is 10.4 Å². The second-order valence-corrected chi connectivity index (χ2v) is 4.28. The Labute approximate surface area is 119 Å². The molecule has 0 aliphatic carbocycles. The lowest BCUT2D eigenvalue weighted by Crippen LogP contribution is -2.27. The van der Waals surface area contributed by atoms with Crippen molar-refractivity contribution in [2.45, 2.75) is 0 Å². The van der Waals surface area contributed by atoms with Crippen molar-refractivity contribution in [3.8, 4) is 5.75 Å². The molecule has 0 atom stereocenters. The molecule has 0 aromatic heterocycles. The summed E-state index contributed by atoms with van der Waals surface area (Å²) in [5.74, 6) is -1.78. The molecule has 108 valence electrons. The highest BCUT2D eigenvalue weighted by molar-refractivity contribution is 6.06. The van der Waals surface area contributed by atoms with Gasteiger partial charge >= 0.3 is 5.69 Å². The third-order valence-electron chi connectivity index (χ3n) is 2.94. The third-order valence-corrected chi connectivity index (χ3v) is 2.94. The van der Waals surface area contributed by atoms with E-state index in [2.05, 4.69) is 0 Å². The van der Waals surface area contributed by atoms with Crippen LogP contribution in [0.2, 0.25) is 0 Å². The van der Waals surface area contributed by atoms with Gasteiger partial charge in [0.1, 0.15) is 5.82 Å². The van der Waals surface area contributed by atoms with Gasteiger partial charge in [-0.05, 0) is 24.3 Å². The van der Waals surface area contributed by atoms with Crippen LogP contribution in [0.3, 0.4) is 0 Å². The number of para-hydroxylation sites is 1. The van der Waals surface area contributed by atoms with Gasteiger partial charge in [0, 0.05) is 18.7 Å². The lowest BCUT2D eigenvalue weighted by molar-refractivity contribution is -0.385. The van der Waals surface area contributed by atoms with E-state index in [0.717, 1.165) is 17.0 Å². The number of carbonyl (C=O) groups excluding carboxylic acids is 1. The summed E-state index contributed by atoms with van der Waals surface area (Å²) in [5, 5.41) is 20.1. The summed E-state index contributed by atoms with van der Waals surface area (Å²) in [6.07, 6.45) is 0. The molecule has 2 rings (SSSR count). The fraction of sp³-hybridized carbons (Fsp3) is 0.0714. The predicted molar refractivity (Wildman–Crippen MR) is 73.9 cm³/mol. The largest absolute Gasteiger partial charge is 0.502 e. The number of amides is 1. The molecule has 0 saturated carbocycles. The Morgan fingerprint density at radius 1 is 1.29 bits per heavy atom. The Kier molecular flexibility index (Phi) is 3.84. The van der Waals surface area contributed by atoms with Crippen LogP contribution in [0.15, 0.2) is 42.5 Å². The minimum atomic E-state index is -0.760. The number of nitrogens with zero attached hydrogens (tertiary/aromatic N) is 2. The van der Waals surface area contributed by atoms with Crippen LogP contribution < -0.4 is 4.90 Å². The maximum absolute atomic E-state index is 13.6. The molecule has 6 nitrogen and oxygen atoms in total. The predicted octanol–water partition coefficient (Wildman–Crippen LogP) is 2.72. The number of hydrogen-bond donors (Lipinski definition) is 1. The first-order valence-electron chi connectivity index (χ1n) is 5.92. The first-order valence-corrected chi connectivity index (χ1v) is 5.92. The highest BCUT2D eigenvalue weighted by atomic mass is 19.1. The van der Waals surface area contributed by atoms with Crippen molar-refractivity contribution in [3.05, 3.63) is 64.0 Å². The fourth-order valence-electron chi connectivity index (χ4n) is 1.84. The summed E-state index contributed by atoms with van der Waals surface area (Å²) in [4.78, 5) is 23.1. The molecule has 21 heavy (non-hydrogen) atoms. The second kappa shape index (κ2) is 5.58. The van der Waals surface area contributed by atoms with Crippen molar-refractivity contribution in [3.63, 3.8) is 0 Å². The highest BCUT2D eigenvalue weighted by Crippen LogP contribution is 2.27. The van der Waals surface area contributed by atoms with Crippen molar-refractivity contribution >= 4 is 17.3 Å². The molecule has 0 heterocycles. The van der Waals surface area contributed by atoms with E-state index >= 15 is 0 Å². The van der Waals surface area contributed by atoms with Gasteiger partial charge in [-0.2, -0.15) is 0 Å². The van der Waals surface area contributed by atoms with E-state index in [9.17, 15) is 24.4 Å². The number of anilines is 1. The van der Waals surface area contributed by atoms with E-state index < -0.39 is 28.1 Å². The van der Waals surface area contributed by atoms with Gasteiger partial charge in [-0.3, -0.25) is 14.9 Å². The van der Waals surface area contributed by atoms with E-state index in [1.54, 1.807) is 6.07 Å². The van der Waals surface area contributed by atoms with Crippen LogP contribution in [-0.2, 0) is 0 Å². The maximum Gasteiger partial charge on any atom is 0.310 e. The Morgan fingerprint density at radius 2 is 1.95 bits per heavy atom. The minimum Gasteiger partial charge on any atom is -0.502 e. The molecular weight excluding hydrogens is 279 g/mol. The summed E-state index contributed by atoms with van der Waals surface area (Å²) >= 11 is 0. The van der Waals surface area contributed by atoms with E-state index in [0.29, 0.717) is 0 Å². The van der Waals surface area contributed by atoms with Crippen LogP contribution in [0.25, 0.3) is 0 Å². The standard InChI is InChI=1S/C14H11FN2O4/c1-16(11-5-3-2-4-10(11)15)14(19)9-6-7-12(17(20)21)13(18)8-9/h2-8,18H,1H3. The number of nitro benzene ring substituents is 1. The van der Waals surface area contributed by atoms with E-state index in [-0.39, 0.29) is 11.3 Å². The molecule has 1 N–H and O–H groups in total. The number of aromatic hydroxyl groups is 1. The SMILES string of the molecule is CN(C(=O)c1ccc([N+](=O)[O-])c(O)c1)c1ccccc1F. The number of hydrogen-bond acceptors (Lipinski definition) is 4. The molecule has 7 heteroatoms. The number of nitro groups is 1. The van der Waals surface area contributed by atoms with E-state index in [4.69, 9.17) is 0 Å². The quantitative estimate of drug-likeness (QED) is 0.695. The Bertz CT molecular complexity index is 718. The average Bonchev–Trinajstić information content (AvgIpc) is 2.45. The summed E-state index contributed by atoms with van der Waals surface area (Å²) in [6.45, 7) is 0. The van der Waals surface area contributed by atoms with Gasteiger partial charge in [0.2, 0.25) is 0 Å². The van der Waals surface area contributed by atoms with Crippen molar-refractivity contribution in [1.29, 1.82) is 0 Å². The van der Waals surface area contributed by atoms with Gasteiger partial charge in [-0.15, -0.1) is 0 Å². The maximum atomic E-state index is 13.6. The van der Waals surface area contributed by atoms with Crippen molar-refractivity contribution in [2.24, 2.45) is 0 Å². The summed E-state index contributed by atoms with van der Waals surface area (Å²) in [5.41, 5.74) is -0.413. The molecule has 2 aromatic carbocycles. The first-order chi connectivity index (χ1) is 9.91. The number of benzene rings is 2. The zero-order chi connectivity index (χ0) is 15.6. The first kappa shape index (κ1) is 14.4. The molecule has 0 aliphatic rings. The van der Waals surface area contributed by atoms with Gasteiger partial charge < -0.3 is 10.0 Å². The molecule has 0 saturated heterocycles. The molecule has 0 radical (unpaired) electrons. The number of phenols is 1. The lowest BCUT2D eigenvalue weighted by Gasteiger charge is -2.18. The second-order valence-electron chi connectivity index (χ2n) is 4.28. The van der Waals surface area contributed by atoms with Crippen LogP contribution in [0.5, 0.6) is 5.75 Å². The van der Waals surface area contributed by atoms with Crippen molar-refractivity contribution in [1.82, 2.24) is 0 Å². The smallest absolute Gasteiger partial charge is 0.310 e. The van der Waals surface area contributed by atoms with Crippen molar-refractivity contribution in [2.75, 3.05) is 11.9 Å². The molecule has 0 aliphatic heterocycles. The number of rotatable bonds is 3. The van der Waals surface area contributed by atoms with Crippen LogP contribution in [0, 0.1) is 15.9 Å². The monoisotopic (exact) mass is 290 g/mol. The van der Waals surface area contributed by atoms with Crippen LogP contribution in [0.4, 0.5) is 15.8 Å². The molecule has 0 unspecified atom stereocenters. The summed E-state index contributed by atoms with van der Waals surface area (Å²) in [7, 11) is 1.37. The van der Waals surface area contributed by atoms with E-state index in [1.807, 2.05) is 0 Å². The molecule has 0 bridgehead atoms. The molecule has 2 aromatic rings. The minimum absolute atomic E-state index is 0.0175. The zero-order valence-corrected chi connectivity index (χ0v) is 11.0. The highest BCUT2D eigenvalue weighted by Gasteiger charge is 2.20. The fourth-order valence-corrected chi connectivity index (χ4v) is 1.84. The van der Waals surface area contributed by atoms with Gasteiger partial charge in [-0.25, -0.2) is 4.39 Å². The summed E-state index contributed by atoms with van der Waals surface area (Å²) < 4.78 is 13.6. The van der Waals surface area contributed by atoms with E-state index in [1.165, 1.54) is 31.3 Å². The number of phenolic OH excluding ortho intramolecular Hbond substituents is 1. The number of carbonyl (C=O) groups is 1. The van der Waals surface area contributed by atoms with Gasteiger partial charge in [0.15, 0.2) is 5.75 Å². The normalized spacial score (nSPS) is 10.2. The van der Waals surface area contributed by atoms with Crippen molar-refractivity contribution < 1.29 is 19.2 Å². The topological polar surface area (TPSA) is 83.7 Å². The Morgan fingerprint density at radius 3 is 2.52 bits per heavy atom. The number of halogens is 1. The Balaban J connectivity index is 2.34. The molecule has 0 fully saturated rings. The van der Waals surface area contributed by atoms with Gasteiger partial charge in [-0.1, -0.05) is 12.1 Å². The third kappa shape index (κ3) is 2.81. The molecule has 1 amide bonds. The molecular formula is C14H11FN2O4. The Hall–Kier alpha value is -2.96. The zero-order valence-electron chi connectivity index (χ0n) is 11.0.